The largest absolute Gasteiger partial charge is 0.496 e. The number of aliphatic hydroxyl groups is 1. The summed E-state index contributed by atoms with van der Waals surface area (Å²) < 4.78 is 33.7. The minimum atomic E-state index is -0.994. The van der Waals surface area contributed by atoms with E-state index in [1.165, 1.54) is 0 Å². The number of hydrogen-bond acceptors (Lipinski definition) is 7. The quantitative estimate of drug-likeness (QED) is 0.596. The molecule has 1 fully saturated rings. The summed E-state index contributed by atoms with van der Waals surface area (Å²) in [6, 6.07) is 12.8. The van der Waals surface area contributed by atoms with Crippen LogP contribution in [-0.4, -0.2) is 39.6 Å². The van der Waals surface area contributed by atoms with Gasteiger partial charge in [0.05, 0.1) is 46.4 Å². The van der Waals surface area contributed by atoms with Crippen molar-refractivity contribution in [2.45, 2.75) is 18.8 Å². The molecule has 1 aliphatic rings. The first-order valence-electron chi connectivity index (χ1n) is 10.0. The van der Waals surface area contributed by atoms with Gasteiger partial charge in [-0.25, -0.2) is 0 Å². The molecule has 1 aliphatic heterocycles. The molecule has 164 valence electrons. The van der Waals surface area contributed by atoms with Gasteiger partial charge in [-0.1, -0.05) is 0 Å². The molecule has 1 N–H and O–H groups in total. The van der Waals surface area contributed by atoms with E-state index >= 15 is 0 Å². The molecule has 1 atom stereocenters. The maximum Gasteiger partial charge on any atom is 0.187 e. The Bertz CT molecular complexity index is 1010. The summed E-state index contributed by atoms with van der Waals surface area (Å²) >= 11 is 0. The number of ether oxygens (including phenoxy) is 5. The summed E-state index contributed by atoms with van der Waals surface area (Å²) in [6.07, 6.45) is 0.850. The second-order valence-electron chi connectivity index (χ2n) is 7.11. The van der Waals surface area contributed by atoms with Crippen LogP contribution in [0.5, 0.6) is 17.2 Å². The summed E-state index contributed by atoms with van der Waals surface area (Å²) in [6.45, 7) is 1.17. The van der Waals surface area contributed by atoms with E-state index in [2.05, 4.69) is 0 Å². The molecule has 7 nitrogen and oxygen atoms in total. The molecule has 0 saturated carbocycles. The summed E-state index contributed by atoms with van der Waals surface area (Å²) in [5.41, 5.74) is 2.69. The van der Waals surface area contributed by atoms with Crippen LogP contribution in [0.2, 0.25) is 0 Å². The van der Waals surface area contributed by atoms with Gasteiger partial charge in [-0.2, -0.15) is 0 Å². The van der Waals surface area contributed by atoms with Crippen LogP contribution in [0, 0.1) is 0 Å². The summed E-state index contributed by atoms with van der Waals surface area (Å²) in [5, 5.41) is 11.3. The maximum atomic E-state index is 11.3. The first kappa shape index (κ1) is 21.2. The minimum Gasteiger partial charge on any atom is -0.496 e. The van der Waals surface area contributed by atoms with E-state index in [0.29, 0.717) is 52.9 Å². The molecule has 3 aromatic rings. The van der Waals surface area contributed by atoms with Gasteiger partial charge in [0.25, 0.3) is 0 Å². The fourth-order valence-corrected chi connectivity index (χ4v) is 3.74. The normalized spacial score (nSPS) is 15.5. The minimum absolute atomic E-state index is 0.480. The number of aliphatic hydroxyl groups excluding tert-OH is 1. The van der Waals surface area contributed by atoms with Crippen molar-refractivity contribution in [3.63, 3.8) is 0 Å². The monoisotopic (exact) mass is 426 g/mol. The Kier molecular flexibility index (Phi) is 6.46. The smallest absolute Gasteiger partial charge is 0.187 e. The van der Waals surface area contributed by atoms with Crippen molar-refractivity contribution in [1.82, 2.24) is 0 Å². The zero-order valence-electron chi connectivity index (χ0n) is 17.8. The van der Waals surface area contributed by atoms with Crippen LogP contribution in [0.1, 0.15) is 35.5 Å². The number of furan rings is 1. The predicted molar refractivity (Wildman–Crippen MR) is 114 cm³/mol. The van der Waals surface area contributed by atoms with E-state index in [4.69, 9.17) is 28.1 Å². The standard InChI is InChI=1S/C24H26O7/c1-26-20-8-7-15(19-6-4-9-29-19)12-17(20)22(25)16-13-18(24-30-10-5-11-31-24)23(28-3)21(14-16)27-2/h4,6-9,12-14,22,24-25H,5,10-11H2,1-3H3. The fourth-order valence-electron chi connectivity index (χ4n) is 3.74. The van der Waals surface area contributed by atoms with Gasteiger partial charge in [-0.3, -0.25) is 0 Å². The third-order valence-electron chi connectivity index (χ3n) is 5.26. The Morgan fingerprint density at radius 3 is 2.35 bits per heavy atom. The van der Waals surface area contributed by atoms with Crippen molar-refractivity contribution in [3.05, 3.63) is 65.4 Å². The van der Waals surface area contributed by atoms with Gasteiger partial charge in [0.1, 0.15) is 17.6 Å². The highest BCUT2D eigenvalue weighted by Gasteiger charge is 2.27. The Labute approximate surface area is 181 Å². The molecule has 2 aromatic carbocycles. The van der Waals surface area contributed by atoms with Crippen LogP contribution < -0.4 is 14.2 Å². The van der Waals surface area contributed by atoms with Gasteiger partial charge < -0.3 is 33.2 Å². The number of rotatable bonds is 7. The molecule has 0 spiro atoms. The van der Waals surface area contributed by atoms with E-state index in [1.54, 1.807) is 33.7 Å². The number of methoxy groups -OCH3 is 3. The van der Waals surface area contributed by atoms with Crippen molar-refractivity contribution in [2.75, 3.05) is 34.5 Å². The Morgan fingerprint density at radius 2 is 1.71 bits per heavy atom. The molecule has 0 bridgehead atoms. The lowest BCUT2D eigenvalue weighted by Crippen LogP contribution is -2.19. The Hall–Kier alpha value is -3.00. The van der Waals surface area contributed by atoms with Crippen molar-refractivity contribution in [2.24, 2.45) is 0 Å². The van der Waals surface area contributed by atoms with Gasteiger partial charge in [-0.05, 0) is 54.4 Å². The average molecular weight is 426 g/mol. The summed E-state index contributed by atoms with van der Waals surface area (Å²) in [7, 11) is 4.69. The van der Waals surface area contributed by atoms with Gasteiger partial charge in [0.15, 0.2) is 17.8 Å². The first-order chi connectivity index (χ1) is 15.2. The Balaban J connectivity index is 1.79. The Morgan fingerprint density at radius 1 is 0.935 bits per heavy atom. The van der Waals surface area contributed by atoms with Crippen LogP contribution in [0.25, 0.3) is 11.3 Å². The molecule has 0 aliphatic carbocycles. The van der Waals surface area contributed by atoms with E-state index < -0.39 is 12.4 Å². The van der Waals surface area contributed by atoms with E-state index in [-0.39, 0.29) is 0 Å². The molecule has 1 saturated heterocycles. The molecule has 4 rings (SSSR count). The van der Waals surface area contributed by atoms with Crippen LogP contribution in [0.3, 0.4) is 0 Å². The van der Waals surface area contributed by atoms with E-state index in [1.807, 2.05) is 36.4 Å². The number of hydrogen-bond donors (Lipinski definition) is 1. The van der Waals surface area contributed by atoms with E-state index in [9.17, 15) is 5.11 Å². The highest BCUT2D eigenvalue weighted by atomic mass is 16.7. The SMILES string of the molecule is COc1ccc(-c2ccco2)cc1C(O)c1cc(OC)c(OC)c(C2OCCCO2)c1. The molecule has 1 unspecified atom stereocenters. The maximum absolute atomic E-state index is 11.3. The van der Waals surface area contributed by atoms with Crippen molar-refractivity contribution in [3.8, 4) is 28.6 Å². The molecule has 31 heavy (non-hydrogen) atoms. The molecule has 0 radical (unpaired) electrons. The van der Waals surface area contributed by atoms with Gasteiger partial charge in [-0.15, -0.1) is 0 Å². The topological polar surface area (TPSA) is 79.5 Å². The molecule has 2 heterocycles. The molecular formula is C24H26O7. The highest BCUT2D eigenvalue weighted by Crippen LogP contribution is 2.42. The lowest BCUT2D eigenvalue weighted by atomic mass is 9.95. The third-order valence-corrected chi connectivity index (χ3v) is 5.26. The zero-order valence-corrected chi connectivity index (χ0v) is 17.8. The lowest BCUT2D eigenvalue weighted by molar-refractivity contribution is -0.183. The van der Waals surface area contributed by atoms with Gasteiger partial charge in [0.2, 0.25) is 0 Å². The molecule has 7 heteroatoms. The zero-order chi connectivity index (χ0) is 21.8. The summed E-state index contributed by atoms with van der Waals surface area (Å²) in [4.78, 5) is 0. The van der Waals surface area contributed by atoms with Gasteiger partial charge in [0, 0.05) is 11.1 Å². The van der Waals surface area contributed by atoms with Gasteiger partial charge >= 0.3 is 0 Å². The van der Waals surface area contributed by atoms with Crippen LogP contribution in [0.15, 0.2) is 53.1 Å². The third kappa shape index (κ3) is 4.25. The molecular weight excluding hydrogens is 400 g/mol. The van der Waals surface area contributed by atoms with Crippen molar-refractivity contribution < 1.29 is 33.2 Å². The molecule has 0 amide bonds. The average Bonchev–Trinajstić information content (AvgIpc) is 3.38. The second-order valence-corrected chi connectivity index (χ2v) is 7.11. The van der Waals surface area contributed by atoms with Crippen LogP contribution in [0.4, 0.5) is 0 Å². The van der Waals surface area contributed by atoms with Crippen LogP contribution in [-0.2, 0) is 9.47 Å². The lowest BCUT2D eigenvalue weighted by Gasteiger charge is -2.27. The van der Waals surface area contributed by atoms with Crippen molar-refractivity contribution in [1.29, 1.82) is 0 Å². The van der Waals surface area contributed by atoms with Crippen LogP contribution >= 0.6 is 0 Å². The van der Waals surface area contributed by atoms with E-state index in [0.717, 1.165) is 12.0 Å². The first-order valence-corrected chi connectivity index (χ1v) is 10.0. The second kappa shape index (κ2) is 9.43. The highest BCUT2D eigenvalue weighted by molar-refractivity contribution is 5.62. The van der Waals surface area contributed by atoms with Crippen molar-refractivity contribution >= 4 is 0 Å². The predicted octanol–water partition coefficient (Wildman–Crippen LogP) is 4.49. The fraction of sp³-hybridized carbons (Fsp3) is 0.333. The summed E-state index contributed by atoms with van der Waals surface area (Å²) in [5.74, 6) is 2.26. The molecule has 1 aromatic heterocycles. The number of benzene rings is 2.